The van der Waals surface area contributed by atoms with Gasteiger partial charge < -0.3 is 9.84 Å². The number of carboxylic acids is 1. The van der Waals surface area contributed by atoms with Crippen molar-refractivity contribution in [1.29, 1.82) is 0 Å². The lowest BCUT2D eigenvalue weighted by Gasteiger charge is -2.29. The number of halogens is 3. The molecule has 0 aromatic heterocycles. The van der Waals surface area contributed by atoms with Crippen LogP contribution in [-0.4, -0.2) is 47.8 Å². The van der Waals surface area contributed by atoms with E-state index in [0.717, 1.165) is 0 Å². The zero-order chi connectivity index (χ0) is 21.0. The lowest BCUT2D eigenvalue weighted by Crippen LogP contribution is -2.50. The molecule has 0 aliphatic heterocycles. The Morgan fingerprint density at radius 2 is 1.67 bits per heavy atom. The van der Waals surface area contributed by atoms with E-state index in [1.807, 2.05) is 0 Å². The summed E-state index contributed by atoms with van der Waals surface area (Å²) >= 11 is 0. The van der Waals surface area contributed by atoms with Crippen molar-refractivity contribution in [1.82, 2.24) is 5.06 Å². The van der Waals surface area contributed by atoms with Gasteiger partial charge in [0.15, 0.2) is 6.04 Å². The molecule has 1 N–H and O–H groups in total. The van der Waals surface area contributed by atoms with Gasteiger partial charge in [-0.1, -0.05) is 30.3 Å². The molecule has 0 bridgehead atoms. The second kappa shape index (κ2) is 8.13. The quantitative estimate of drug-likeness (QED) is 0.564. The first kappa shape index (κ1) is 22.7. The summed E-state index contributed by atoms with van der Waals surface area (Å²) in [4.78, 5) is 23.7. The molecule has 1 atom stereocenters. The van der Waals surface area contributed by atoms with Crippen LogP contribution in [-0.2, 0) is 30.4 Å². The zero-order valence-electron chi connectivity index (χ0n) is 14.6. The molecule has 12 heteroatoms. The van der Waals surface area contributed by atoms with Gasteiger partial charge in [-0.2, -0.15) is 26.7 Å². The predicted molar refractivity (Wildman–Crippen MR) is 85.7 cm³/mol. The van der Waals surface area contributed by atoms with Gasteiger partial charge in [0, 0.05) is 6.42 Å². The fourth-order valence-electron chi connectivity index (χ4n) is 1.77. The van der Waals surface area contributed by atoms with Crippen molar-refractivity contribution in [2.24, 2.45) is 0 Å². The van der Waals surface area contributed by atoms with Gasteiger partial charge in [-0.3, -0.25) is 0 Å². The highest BCUT2D eigenvalue weighted by Crippen LogP contribution is 2.27. The van der Waals surface area contributed by atoms with E-state index < -0.39 is 50.8 Å². The molecule has 1 aromatic carbocycles. The third-order valence-corrected chi connectivity index (χ3v) is 3.80. The molecular formula is C15H18F3NO7S. The van der Waals surface area contributed by atoms with Crippen molar-refractivity contribution in [2.45, 2.75) is 44.3 Å². The maximum Gasteiger partial charge on any atom is 0.525 e. The van der Waals surface area contributed by atoms with Gasteiger partial charge in [-0.25, -0.2) is 9.59 Å². The summed E-state index contributed by atoms with van der Waals surface area (Å²) in [6, 6.07) is 5.45. The minimum atomic E-state index is -6.31. The molecule has 152 valence electrons. The number of carbonyl (C=O) groups is 2. The van der Waals surface area contributed by atoms with Crippen molar-refractivity contribution in [3.05, 3.63) is 35.9 Å². The second-order valence-electron chi connectivity index (χ2n) is 6.32. The number of carbonyl (C=O) groups excluding carboxylic acids is 1. The number of rotatable bonds is 6. The van der Waals surface area contributed by atoms with Gasteiger partial charge in [0.1, 0.15) is 5.60 Å². The number of hydrogen-bond acceptors (Lipinski definition) is 6. The van der Waals surface area contributed by atoms with Crippen LogP contribution in [0, 0.1) is 0 Å². The number of nitrogens with zero attached hydrogens (tertiary/aromatic N) is 1. The molecule has 8 nitrogen and oxygen atoms in total. The Hall–Kier alpha value is -2.34. The first-order valence-corrected chi connectivity index (χ1v) is 8.84. The Balaban J connectivity index is 3.31. The molecule has 0 heterocycles. The SMILES string of the molecule is CC(C)(C)OC(=O)N(OS(=O)(=O)C(F)(F)F)[C@@H](Cc1ccccc1)C(=O)O. The van der Waals surface area contributed by atoms with Crippen molar-refractivity contribution < 1.29 is 45.3 Å². The largest absolute Gasteiger partial charge is 0.525 e. The molecule has 27 heavy (non-hydrogen) atoms. The minimum absolute atomic E-state index is 0.312. The molecule has 1 aromatic rings. The number of alkyl halides is 3. The Labute approximate surface area is 153 Å². The topological polar surface area (TPSA) is 110 Å². The molecule has 0 saturated carbocycles. The van der Waals surface area contributed by atoms with Crippen LogP contribution >= 0.6 is 0 Å². The monoisotopic (exact) mass is 413 g/mol. The number of aliphatic carboxylic acids is 1. The van der Waals surface area contributed by atoms with Crippen molar-refractivity contribution in [3.8, 4) is 0 Å². The van der Waals surface area contributed by atoms with Gasteiger partial charge in [0.2, 0.25) is 0 Å². The molecule has 0 saturated heterocycles. The number of hydrogen-bond donors (Lipinski definition) is 1. The lowest BCUT2D eigenvalue weighted by molar-refractivity contribution is -0.160. The highest BCUT2D eigenvalue weighted by atomic mass is 32.2. The zero-order valence-corrected chi connectivity index (χ0v) is 15.4. The summed E-state index contributed by atoms with van der Waals surface area (Å²) in [5.41, 5.74) is -6.81. The predicted octanol–water partition coefficient (Wildman–Crippen LogP) is 2.70. The van der Waals surface area contributed by atoms with Crippen LogP contribution in [0.1, 0.15) is 26.3 Å². The van der Waals surface area contributed by atoms with Crippen LogP contribution in [0.25, 0.3) is 0 Å². The minimum Gasteiger partial charge on any atom is -0.480 e. The standard InChI is InChI=1S/C15H18F3NO7S/c1-14(2,3)25-13(22)19(26-27(23,24)15(16,17)18)11(12(20)21)9-10-7-5-4-6-8-10/h4-8,11H,9H2,1-3H3,(H,20,21)/t11-/m0/s1. The number of ether oxygens (including phenoxy) is 1. The van der Waals surface area contributed by atoms with E-state index in [0.29, 0.717) is 5.56 Å². The highest BCUT2D eigenvalue weighted by molar-refractivity contribution is 7.87. The molecule has 0 fully saturated rings. The molecule has 0 aliphatic rings. The summed E-state index contributed by atoms with van der Waals surface area (Å²) in [7, 11) is -6.31. The normalized spacial score (nSPS) is 13.7. The fraction of sp³-hybridized carbons (Fsp3) is 0.467. The summed E-state index contributed by atoms with van der Waals surface area (Å²) < 4.78 is 69.2. The molecule has 0 radical (unpaired) electrons. The van der Waals surface area contributed by atoms with Crippen LogP contribution in [0.3, 0.4) is 0 Å². The summed E-state index contributed by atoms with van der Waals surface area (Å²) in [6.45, 7) is 4.07. The van der Waals surface area contributed by atoms with Gasteiger partial charge in [0.25, 0.3) is 0 Å². The molecule has 0 aliphatic carbocycles. The average molecular weight is 413 g/mol. The fourth-order valence-corrected chi connectivity index (χ4v) is 2.23. The first-order chi connectivity index (χ1) is 12.1. The first-order valence-electron chi connectivity index (χ1n) is 7.44. The molecule has 0 spiro atoms. The third-order valence-electron chi connectivity index (χ3n) is 2.88. The van der Waals surface area contributed by atoms with Crippen LogP contribution in [0.4, 0.5) is 18.0 Å². The van der Waals surface area contributed by atoms with E-state index in [2.05, 4.69) is 4.28 Å². The Kier molecular flexibility index (Phi) is 6.83. The van der Waals surface area contributed by atoms with Crippen molar-refractivity contribution in [3.63, 3.8) is 0 Å². The van der Waals surface area contributed by atoms with Crippen LogP contribution < -0.4 is 0 Å². The second-order valence-corrected chi connectivity index (χ2v) is 7.84. The summed E-state index contributed by atoms with van der Waals surface area (Å²) in [5, 5.41) is 8.92. The molecule has 0 unspecified atom stereocenters. The van der Waals surface area contributed by atoms with Crippen molar-refractivity contribution >= 4 is 22.2 Å². The third kappa shape index (κ3) is 6.71. The van der Waals surface area contributed by atoms with Gasteiger partial charge in [0.05, 0.1) is 0 Å². The van der Waals surface area contributed by atoms with E-state index in [-0.39, 0.29) is 0 Å². The van der Waals surface area contributed by atoms with E-state index >= 15 is 0 Å². The van der Waals surface area contributed by atoms with E-state index in [4.69, 9.17) is 4.74 Å². The van der Waals surface area contributed by atoms with Crippen LogP contribution in [0.15, 0.2) is 30.3 Å². The van der Waals surface area contributed by atoms with Crippen LogP contribution in [0.2, 0.25) is 0 Å². The average Bonchev–Trinajstić information content (AvgIpc) is 2.48. The van der Waals surface area contributed by atoms with Gasteiger partial charge >= 0.3 is 27.7 Å². The van der Waals surface area contributed by atoms with Gasteiger partial charge in [-0.15, -0.1) is 4.28 Å². The highest BCUT2D eigenvalue weighted by Gasteiger charge is 2.51. The Morgan fingerprint density at radius 1 is 1.15 bits per heavy atom. The summed E-state index contributed by atoms with van der Waals surface area (Å²) in [6.07, 6.45) is -2.22. The Bertz CT molecular complexity index is 773. The lowest BCUT2D eigenvalue weighted by atomic mass is 10.1. The summed E-state index contributed by atoms with van der Waals surface area (Å²) in [5.74, 6) is -1.79. The number of carboxylic acid groups (broad SMARTS) is 1. The number of amides is 1. The maximum atomic E-state index is 12.6. The number of benzene rings is 1. The van der Waals surface area contributed by atoms with Crippen molar-refractivity contribution in [2.75, 3.05) is 0 Å². The maximum absolute atomic E-state index is 12.6. The van der Waals surface area contributed by atoms with E-state index in [1.54, 1.807) is 6.07 Å². The van der Waals surface area contributed by atoms with E-state index in [9.17, 15) is 36.3 Å². The number of hydroxylamine groups is 2. The smallest absolute Gasteiger partial charge is 0.480 e. The molecular weight excluding hydrogens is 395 g/mol. The van der Waals surface area contributed by atoms with E-state index in [1.165, 1.54) is 45.0 Å². The molecule has 1 amide bonds. The van der Waals surface area contributed by atoms with Crippen LogP contribution in [0.5, 0.6) is 0 Å². The molecule has 1 rings (SSSR count). The Morgan fingerprint density at radius 3 is 2.07 bits per heavy atom. The van der Waals surface area contributed by atoms with Gasteiger partial charge in [-0.05, 0) is 26.3 Å².